The zero-order chi connectivity index (χ0) is 18.0. The van der Waals surface area contributed by atoms with E-state index in [-0.39, 0.29) is 22.8 Å². The maximum atomic E-state index is 13.0. The number of aryl methyl sites for hydroxylation is 1. The number of amides is 1. The van der Waals surface area contributed by atoms with Crippen LogP contribution in [0.2, 0.25) is 0 Å². The van der Waals surface area contributed by atoms with Gasteiger partial charge in [-0.15, -0.1) is 0 Å². The average molecular weight is 357 g/mol. The Labute approximate surface area is 151 Å². The molecule has 1 aliphatic rings. The predicted molar refractivity (Wildman–Crippen MR) is 101 cm³/mol. The molecule has 1 N–H and O–H groups in total. The largest absolute Gasteiger partial charge is 0.308 e. The molecular weight excluding hydrogens is 334 g/mol. The van der Waals surface area contributed by atoms with Gasteiger partial charge in [0, 0.05) is 23.5 Å². The number of nitrogens with one attached hydrogen (secondary N) is 1. The van der Waals surface area contributed by atoms with Gasteiger partial charge in [-0.1, -0.05) is 43.3 Å². The van der Waals surface area contributed by atoms with Gasteiger partial charge in [-0.25, -0.2) is 4.98 Å². The Morgan fingerprint density at radius 3 is 2.96 bits per heavy atom. The fourth-order valence-corrected chi connectivity index (χ4v) is 4.12. The lowest BCUT2D eigenvalue weighted by Crippen LogP contribution is -2.40. The highest BCUT2D eigenvalue weighted by Gasteiger charge is 2.33. The van der Waals surface area contributed by atoms with Crippen molar-refractivity contribution < 1.29 is 4.79 Å². The van der Waals surface area contributed by atoms with Gasteiger partial charge >= 0.3 is 0 Å². The van der Waals surface area contributed by atoms with Gasteiger partial charge in [0.15, 0.2) is 5.16 Å². The van der Waals surface area contributed by atoms with Crippen molar-refractivity contribution in [3.8, 4) is 0 Å². The number of hydrogen-bond acceptors (Lipinski definition) is 4. The second-order valence-corrected chi connectivity index (χ2v) is 7.77. The van der Waals surface area contributed by atoms with Crippen LogP contribution in [0.1, 0.15) is 38.4 Å². The van der Waals surface area contributed by atoms with E-state index in [4.69, 9.17) is 0 Å². The topological polar surface area (TPSA) is 66.1 Å². The van der Waals surface area contributed by atoms with Crippen LogP contribution in [0.3, 0.4) is 0 Å². The minimum Gasteiger partial charge on any atom is -0.308 e. The maximum absolute atomic E-state index is 13.0. The van der Waals surface area contributed by atoms with Crippen molar-refractivity contribution in [2.24, 2.45) is 0 Å². The van der Waals surface area contributed by atoms with E-state index in [1.54, 1.807) is 0 Å². The van der Waals surface area contributed by atoms with Crippen molar-refractivity contribution in [3.05, 3.63) is 51.9 Å². The van der Waals surface area contributed by atoms with E-state index in [2.05, 4.69) is 23.0 Å². The molecule has 0 fully saturated rings. The second kappa shape index (κ2) is 7.44. The fraction of sp³-hybridized carbons (Fsp3) is 0.421. The molecule has 2 heterocycles. The van der Waals surface area contributed by atoms with E-state index < -0.39 is 0 Å². The molecule has 0 spiro atoms. The number of fused-ring (bicyclic) bond motifs is 1. The van der Waals surface area contributed by atoms with Crippen molar-refractivity contribution in [2.45, 2.75) is 56.5 Å². The first-order valence-corrected chi connectivity index (χ1v) is 9.55. The molecule has 132 valence electrons. The van der Waals surface area contributed by atoms with Crippen LogP contribution in [0, 0.1) is 0 Å². The Morgan fingerprint density at radius 2 is 2.20 bits per heavy atom. The molecule has 0 aliphatic carbocycles. The molecule has 1 amide bonds. The molecule has 6 heteroatoms. The Bertz CT molecular complexity index is 833. The SMILES string of the molecule is CCCc1cc(=O)[nH]c(S[C@@H](C)C(=O)N2c3ccccc3C[C@H]2C)n1. The second-order valence-electron chi connectivity index (χ2n) is 6.44. The summed E-state index contributed by atoms with van der Waals surface area (Å²) >= 11 is 1.31. The molecule has 0 saturated carbocycles. The molecule has 1 aliphatic heterocycles. The molecule has 1 aromatic carbocycles. The van der Waals surface area contributed by atoms with Gasteiger partial charge < -0.3 is 9.88 Å². The summed E-state index contributed by atoms with van der Waals surface area (Å²) in [6.45, 7) is 5.98. The molecular formula is C19H23N3O2S. The van der Waals surface area contributed by atoms with Crippen molar-refractivity contribution in [2.75, 3.05) is 4.90 Å². The molecule has 25 heavy (non-hydrogen) atoms. The third kappa shape index (κ3) is 3.79. The van der Waals surface area contributed by atoms with Gasteiger partial charge in [0.2, 0.25) is 5.91 Å². The molecule has 5 nitrogen and oxygen atoms in total. The quantitative estimate of drug-likeness (QED) is 0.659. The van der Waals surface area contributed by atoms with E-state index >= 15 is 0 Å². The zero-order valence-corrected chi connectivity index (χ0v) is 15.6. The first-order chi connectivity index (χ1) is 12.0. The van der Waals surface area contributed by atoms with Crippen LogP contribution in [0.25, 0.3) is 0 Å². The van der Waals surface area contributed by atoms with Crippen molar-refractivity contribution in [3.63, 3.8) is 0 Å². The van der Waals surface area contributed by atoms with Gasteiger partial charge in [0.1, 0.15) is 0 Å². The smallest absolute Gasteiger partial charge is 0.251 e. The molecule has 1 aromatic heterocycles. The highest BCUT2D eigenvalue weighted by atomic mass is 32.2. The van der Waals surface area contributed by atoms with Crippen LogP contribution in [0.5, 0.6) is 0 Å². The lowest BCUT2D eigenvalue weighted by atomic mass is 10.1. The van der Waals surface area contributed by atoms with Crippen molar-refractivity contribution in [1.29, 1.82) is 0 Å². The van der Waals surface area contributed by atoms with E-state index in [1.165, 1.54) is 23.4 Å². The number of H-pyrrole nitrogens is 1. The lowest BCUT2D eigenvalue weighted by molar-refractivity contribution is -0.118. The molecule has 0 unspecified atom stereocenters. The Balaban J connectivity index is 1.79. The summed E-state index contributed by atoms with van der Waals surface area (Å²) in [5, 5.41) is 0.186. The maximum Gasteiger partial charge on any atom is 0.251 e. The molecule has 2 aromatic rings. The average Bonchev–Trinajstić information content (AvgIpc) is 2.89. The number of hydrogen-bond donors (Lipinski definition) is 1. The van der Waals surface area contributed by atoms with E-state index in [0.717, 1.165) is 30.6 Å². The van der Waals surface area contributed by atoms with Crippen LogP contribution in [-0.2, 0) is 17.6 Å². The van der Waals surface area contributed by atoms with Gasteiger partial charge in [0.25, 0.3) is 5.56 Å². The van der Waals surface area contributed by atoms with Crippen molar-refractivity contribution in [1.82, 2.24) is 9.97 Å². The minimum atomic E-state index is -0.325. The third-order valence-corrected chi connectivity index (χ3v) is 5.33. The number of para-hydroxylation sites is 1. The normalized spacial score (nSPS) is 17.4. The summed E-state index contributed by atoms with van der Waals surface area (Å²) in [4.78, 5) is 33.9. The number of carbonyl (C=O) groups is 1. The Morgan fingerprint density at radius 1 is 1.44 bits per heavy atom. The summed E-state index contributed by atoms with van der Waals surface area (Å²) in [5.41, 5.74) is 2.81. The molecule has 0 bridgehead atoms. The van der Waals surface area contributed by atoms with Crippen LogP contribution >= 0.6 is 11.8 Å². The number of aromatic nitrogens is 2. The molecule has 0 radical (unpaired) electrons. The van der Waals surface area contributed by atoms with E-state index in [0.29, 0.717) is 5.16 Å². The fourth-order valence-electron chi connectivity index (χ4n) is 3.24. The monoisotopic (exact) mass is 357 g/mol. The van der Waals surface area contributed by atoms with Crippen LogP contribution in [0.15, 0.2) is 40.3 Å². The lowest BCUT2D eigenvalue weighted by Gasteiger charge is -2.25. The molecule has 3 rings (SSSR count). The van der Waals surface area contributed by atoms with Crippen LogP contribution < -0.4 is 10.5 Å². The number of nitrogens with zero attached hydrogens (tertiary/aromatic N) is 2. The predicted octanol–water partition coefficient (Wildman–Crippen LogP) is 3.18. The number of aromatic amines is 1. The van der Waals surface area contributed by atoms with Gasteiger partial charge in [0.05, 0.1) is 5.25 Å². The van der Waals surface area contributed by atoms with E-state index in [1.807, 2.05) is 36.9 Å². The molecule has 2 atom stereocenters. The Hall–Kier alpha value is -2.08. The number of rotatable bonds is 5. The van der Waals surface area contributed by atoms with Crippen LogP contribution in [0.4, 0.5) is 5.69 Å². The first kappa shape index (κ1) is 17.7. The number of anilines is 1. The number of benzene rings is 1. The number of carbonyl (C=O) groups excluding carboxylic acids is 1. The van der Waals surface area contributed by atoms with E-state index in [9.17, 15) is 9.59 Å². The summed E-state index contributed by atoms with van der Waals surface area (Å²) in [6, 6.07) is 9.71. The summed E-state index contributed by atoms with van der Waals surface area (Å²) in [7, 11) is 0. The van der Waals surface area contributed by atoms with Crippen LogP contribution in [-0.4, -0.2) is 27.2 Å². The van der Waals surface area contributed by atoms with Gasteiger partial charge in [-0.3, -0.25) is 9.59 Å². The summed E-state index contributed by atoms with van der Waals surface area (Å²) < 4.78 is 0. The minimum absolute atomic E-state index is 0.0472. The highest BCUT2D eigenvalue weighted by molar-refractivity contribution is 8.00. The van der Waals surface area contributed by atoms with Gasteiger partial charge in [-0.2, -0.15) is 0 Å². The first-order valence-electron chi connectivity index (χ1n) is 8.67. The summed E-state index contributed by atoms with van der Waals surface area (Å²) in [6.07, 6.45) is 2.56. The number of thioether (sulfide) groups is 1. The molecule has 0 saturated heterocycles. The highest BCUT2D eigenvalue weighted by Crippen LogP contribution is 2.34. The Kier molecular flexibility index (Phi) is 5.27. The van der Waals surface area contributed by atoms with Gasteiger partial charge in [-0.05, 0) is 38.3 Å². The van der Waals surface area contributed by atoms with Crippen molar-refractivity contribution >= 4 is 23.4 Å². The summed E-state index contributed by atoms with van der Waals surface area (Å²) in [5.74, 6) is 0.0472. The zero-order valence-electron chi connectivity index (χ0n) is 14.8. The third-order valence-electron chi connectivity index (χ3n) is 4.36. The standard InChI is InChI=1S/C19H23N3O2S/c1-4-7-15-11-17(23)21-19(20-15)25-13(3)18(24)22-12(2)10-14-8-5-6-9-16(14)22/h5-6,8-9,11-13H,4,7,10H2,1-3H3,(H,20,21,23)/t12-,13+/m1/s1.